The van der Waals surface area contributed by atoms with Gasteiger partial charge in [-0.15, -0.1) is 11.3 Å². The summed E-state index contributed by atoms with van der Waals surface area (Å²) in [4.78, 5) is 33.5. The first-order valence-corrected chi connectivity index (χ1v) is 16.6. The lowest BCUT2D eigenvalue weighted by Crippen LogP contribution is -2.56. The minimum Gasteiger partial charge on any atom is -0.493 e. The van der Waals surface area contributed by atoms with Gasteiger partial charge in [-0.25, -0.2) is 0 Å². The molecule has 7 nitrogen and oxygen atoms in total. The summed E-state index contributed by atoms with van der Waals surface area (Å²) < 4.78 is 16.5. The van der Waals surface area contributed by atoms with E-state index in [-0.39, 0.29) is 23.8 Å². The van der Waals surface area contributed by atoms with Crippen LogP contribution in [0.3, 0.4) is 0 Å². The quantitative estimate of drug-likeness (QED) is 0.232. The maximum atomic E-state index is 14.4. The zero-order valence-corrected chi connectivity index (χ0v) is 26.7. The molecule has 0 saturated heterocycles. The van der Waals surface area contributed by atoms with Gasteiger partial charge in [-0.3, -0.25) is 9.59 Å². The average molecular weight is 597 g/mol. The second-order valence-electron chi connectivity index (χ2n) is 12.8. The molecule has 4 aliphatic carbocycles. The Labute approximate surface area is 255 Å². The predicted octanol–water partition coefficient (Wildman–Crippen LogP) is 6.12. The highest BCUT2D eigenvalue weighted by Crippen LogP contribution is 2.60. The molecule has 0 atom stereocenters. The van der Waals surface area contributed by atoms with Crippen LogP contribution in [-0.2, 0) is 27.3 Å². The number of carbonyl (C=O) groups is 2. The van der Waals surface area contributed by atoms with Gasteiger partial charge in [-0.2, -0.15) is 0 Å². The molecular formula is C34H48N2O5S. The standard InChI is InChI=1S/C34H48N2O5S/c1-5-41-13-6-11-36(33(38)34-19-26-15-27(20-34)17-28(16-26)21-34)23-32(37)35(22-31-24(2)10-14-42-31)12-9-25-7-8-29(39-3)30(18-25)40-4/h7-8,10,14,18,26-28H,5-6,9,11-13,15-17,19-23H2,1-4H3. The molecule has 0 spiro atoms. The molecule has 8 heteroatoms. The summed E-state index contributed by atoms with van der Waals surface area (Å²) in [6.45, 7) is 7.15. The van der Waals surface area contributed by atoms with Crippen LogP contribution in [0.2, 0.25) is 0 Å². The molecule has 230 valence electrons. The number of amides is 2. The second kappa shape index (κ2) is 13.8. The van der Waals surface area contributed by atoms with Crippen LogP contribution in [0.25, 0.3) is 0 Å². The van der Waals surface area contributed by atoms with Crippen molar-refractivity contribution in [3.63, 3.8) is 0 Å². The summed E-state index contributed by atoms with van der Waals surface area (Å²) in [5.41, 5.74) is 2.00. The number of thiophene rings is 1. The van der Waals surface area contributed by atoms with Crippen molar-refractivity contribution in [2.24, 2.45) is 23.2 Å². The van der Waals surface area contributed by atoms with Crippen LogP contribution in [0.15, 0.2) is 29.6 Å². The lowest BCUT2D eigenvalue weighted by atomic mass is 9.49. The molecular weight excluding hydrogens is 548 g/mol. The van der Waals surface area contributed by atoms with Gasteiger partial charge in [-0.05, 0) is 118 Å². The van der Waals surface area contributed by atoms with Crippen LogP contribution in [0.1, 0.15) is 67.9 Å². The van der Waals surface area contributed by atoms with Crippen molar-refractivity contribution in [3.05, 3.63) is 45.6 Å². The van der Waals surface area contributed by atoms with Crippen molar-refractivity contribution in [2.75, 3.05) is 47.1 Å². The Hall–Kier alpha value is -2.58. The Bertz CT molecular complexity index is 1190. The lowest BCUT2D eigenvalue weighted by Gasteiger charge is -2.56. The first-order valence-electron chi connectivity index (χ1n) is 15.7. The van der Waals surface area contributed by atoms with Crippen LogP contribution in [0.4, 0.5) is 0 Å². The van der Waals surface area contributed by atoms with Gasteiger partial charge in [0.05, 0.1) is 32.7 Å². The summed E-state index contributed by atoms with van der Waals surface area (Å²) in [7, 11) is 3.27. The summed E-state index contributed by atoms with van der Waals surface area (Å²) in [6, 6.07) is 8.02. The number of aryl methyl sites for hydroxylation is 1. The van der Waals surface area contributed by atoms with Crippen LogP contribution in [-0.4, -0.2) is 68.7 Å². The highest BCUT2D eigenvalue weighted by molar-refractivity contribution is 7.10. The van der Waals surface area contributed by atoms with E-state index in [1.54, 1.807) is 25.6 Å². The topological polar surface area (TPSA) is 68.3 Å². The van der Waals surface area contributed by atoms with Gasteiger partial charge in [-0.1, -0.05) is 6.07 Å². The maximum Gasteiger partial charge on any atom is 0.242 e. The summed E-state index contributed by atoms with van der Waals surface area (Å²) in [5, 5.41) is 2.08. The summed E-state index contributed by atoms with van der Waals surface area (Å²) >= 11 is 1.68. The smallest absolute Gasteiger partial charge is 0.242 e. The Morgan fingerprint density at radius 2 is 1.64 bits per heavy atom. The maximum absolute atomic E-state index is 14.4. The Morgan fingerprint density at radius 1 is 0.952 bits per heavy atom. The highest BCUT2D eigenvalue weighted by atomic mass is 32.1. The minimum absolute atomic E-state index is 0.0118. The van der Waals surface area contributed by atoms with Gasteiger partial charge in [0, 0.05) is 31.2 Å². The van der Waals surface area contributed by atoms with Crippen molar-refractivity contribution in [2.45, 2.75) is 71.8 Å². The molecule has 0 radical (unpaired) electrons. The molecule has 4 fully saturated rings. The number of carbonyl (C=O) groups excluding carboxylic acids is 2. The molecule has 0 unspecified atom stereocenters. The SMILES string of the molecule is CCOCCCN(CC(=O)N(CCc1ccc(OC)c(OC)c1)Cc1sccc1C)C(=O)C12CC3CC(CC(C3)C1)C2. The Morgan fingerprint density at radius 3 is 2.24 bits per heavy atom. The third-order valence-electron chi connectivity index (χ3n) is 9.80. The van der Waals surface area contributed by atoms with E-state index < -0.39 is 0 Å². The van der Waals surface area contributed by atoms with Gasteiger partial charge >= 0.3 is 0 Å². The molecule has 4 aliphatic rings. The first kappa shape index (κ1) is 30.9. The number of hydrogen-bond donors (Lipinski definition) is 0. The van der Waals surface area contributed by atoms with Crippen molar-refractivity contribution >= 4 is 23.2 Å². The molecule has 0 aliphatic heterocycles. The number of hydrogen-bond acceptors (Lipinski definition) is 6. The minimum atomic E-state index is -0.268. The number of rotatable bonds is 15. The number of methoxy groups -OCH3 is 2. The van der Waals surface area contributed by atoms with Crippen LogP contribution in [0.5, 0.6) is 11.5 Å². The average Bonchev–Trinajstić information content (AvgIpc) is 3.39. The van der Waals surface area contributed by atoms with E-state index in [2.05, 4.69) is 18.4 Å². The molecule has 4 saturated carbocycles. The monoisotopic (exact) mass is 596 g/mol. The highest BCUT2D eigenvalue weighted by Gasteiger charge is 2.55. The van der Waals surface area contributed by atoms with Crippen LogP contribution in [0, 0.1) is 30.1 Å². The fraction of sp³-hybridized carbons (Fsp3) is 0.647. The van der Waals surface area contributed by atoms with Crippen molar-refractivity contribution < 1.29 is 23.8 Å². The van der Waals surface area contributed by atoms with Crippen LogP contribution >= 0.6 is 11.3 Å². The molecule has 1 aromatic heterocycles. The van der Waals surface area contributed by atoms with Crippen LogP contribution < -0.4 is 9.47 Å². The molecule has 6 rings (SSSR count). The lowest BCUT2D eigenvalue weighted by molar-refractivity contribution is -0.160. The number of nitrogens with zero attached hydrogens (tertiary/aromatic N) is 2. The van der Waals surface area contributed by atoms with E-state index >= 15 is 0 Å². The molecule has 2 aromatic rings. The zero-order chi connectivity index (χ0) is 29.7. The van der Waals surface area contributed by atoms with Gasteiger partial charge in [0.25, 0.3) is 0 Å². The van der Waals surface area contributed by atoms with E-state index in [0.29, 0.717) is 68.5 Å². The third-order valence-corrected chi connectivity index (χ3v) is 10.8. The molecule has 1 aromatic carbocycles. The third kappa shape index (κ3) is 6.96. The fourth-order valence-corrected chi connectivity index (χ4v) is 8.98. The van der Waals surface area contributed by atoms with E-state index in [1.165, 1.54) is 29.7 Å². The molecule has 42 heavy (non-hydrogen) atoms. The first-order chi connectivity index (χ1) is 20.3. The fourth-order valence-electron chi connectivity index (χ4n) is 8.06. The van der Waals surface area contributed by atoms with E-state index in [9.17, 15) is 9.59 Å². The zero-order valence-electron chi connectivity index (χ0n) is 25.9. The van der Waals surface area contributed by atoms with E-state index in [0.717, 1.165) is 31.2 Å². The summed E-state index contributed by atoms with van der Waals surface area (Å²) in [6.07, 6.45) is 8.32. The summed E-state index contributed by atoms with van der Waals surface area (Å²) in [5.74, 6) is 3.65. The van der Waals surface area contributed by atoms with E-state index in [4.69, 9.17) is 14.2 Å². The molecule has 2 amide bonds. The normalized spacial score (nSPS) is 24.0. The van der Waals surface area contributed by atoms with Gasteiger partial charge in [0.2, 0.25) is 11.8 Å². The molecule has 1 heterocycles. The number of benzene rings is 1. The molecule has 4 bridgehead atoms. The van der Waals surface area contributed by atoms with E-state index in [1.807, 2.05) is 34.9 Å². The van der Waals surface area contributed by atoms with Crippen molar-refractivity contribution in [1.29, 1.82) is 0 Å². The Balaban J connectivity index is 1.33. The Kier molecular flexibility index (Phi) is 10.1. The largest absolute Gasteiger partial charge is 0.493 e. The van der Waals surface area contributed by atoms with Gasteiger partial charge < -0.3 is 24.0 Å². The predicted molar refractivity (Wildman–Crippen MR) is 166 cm³/mol. The second-order valence-corrected chi connectivity index (χ2v) is 13.8. The van der Waals surface area contributed by atoms with Crippen molar-refractivity contribution in [1.82, 2.24) is 9.80 Å². The van der Waals surface area contributed by atoms with Gasteiger partial charge in [0.15, 0.2) is 11.5 Å². The number of ether oxygens (including phenoxy) is 3. The van der Waals surface area contributed by atoms with Crippen molar-refractivity contribution in [3.8, 4) is 11.5 Å². The van der Waals surface area contributed by atoms with Gasteiger partial charge in [0.1, 0.15) is 0 Å². The molecule has 0 N–H and O–H groups in total.